The van der Waals surface area contributed by atoms with E-state index in [2.05, 4.69) is 10.1 Å². The highest BCUT2D eigenvalue weighted by molar-refractivity contribution is 5.90. The molecule has 0 aliphatic rings. The van der Waals surface area contributed by atoms with E-state index in [4.69, 9.17) is 10.8 Å². The van der Waals surface area contributed by atoms with Gasteiger partial charge in [-0.25, -0.2) is 14.3 Å². The zero-order valence-corrected chi connectivity index (χ0v) is 6.51. The fourth-order valence-electron chi connectivity index (χ4n) is 1.07. The topological polar surface area (TPSA) is 93.5 Å². The van der Waals surface area contributed by atoms with Crippen molar-refractivity contribution in [3.8, 4) is 0 Å². The number of hydrogen-bond acceptors (Lipinski definition) is 4. The van der Waals surface area contributed by atoms with Crippen molar-refractivity contribution >= 4 is 17.3 Å². The second-order valence-corrected chi connectivity index (χ2v) is 2.51. The molecule has 0 aliphatic heterocycles. The Morgan fingerprint density at radius 1 is 1.62 bits per heavy atom. The summed E-state index contributed by atoms with van der Waals surface area (Å²) in [6.07, 6.45) is 2.66. The van der Waals surface area contributed by atoms with Crippen molar-refractivity contribution in [1.29, 1.82) is 0 Å². The molecule has 2 rings (SSSR count). The highest BCUT2D eigenvalue weighted by atomic mass is 16.4. The lowest BCUT2D eigenvalue weighted by molar-refractivity contribution is 0.0697. The third-order valence-electron chi connectivity index (χ3n) is 1.68. The molecule has 3 N–H and O–H groups in total. The van der Waals surface area contributed by atoms with Gasteiger partial charge in [0.05, 0.1) is 5.56 Å². The van der Waals surface area contributed by atoms with Crippen molar-refractivity contribution < 1.29 is 9.90 Å². The van der Waals surface area contributed by atoms with Crippen LogP contribution in [0.4, 0.5) is 5.82 Å². The normalized spacial score (nSPS) is 10.5. The van der Waals surface area contributed by atoms with E-state index in [-0.39, 0.29) is 11.4 Å². The monoisotopic (exact) mass is 178 g/mol. The predicted octanol–water partition coefficient (Wildman–Crippen LogP) is 0.00970. The van der Waals surface area contributed by atoms with Crippen LogP contribution >= 0.6 is 0 Å². The minimum Gasteiger partial charge on any atom is -0.478 e. The Labute approximate surface area is 72.6 Å². The number of carboxylic acids is 1. The maximum atomic E-state index is 10.6. The first-order valence-corrected chi connectivity index (χ1v) is 3.50. The third kappa shape index (κ3) is 1.08. The number of rotatable bonds is 1. The minimum atomic E-state index is -1.01. The van der Waals surface area contributed by atoms with Gasteiger partial charge in [-0.15, -0.1) is 0 Å². The number of hydrogen-bond donors (Lipinski definition) is 2. The van der Waals surface area contributed by atoms with Gasteiger partial charge in [-0.3, -0.25) is 0 Å². The number of anilines is 1. The number of nitrogens with zero attached hydrogens (tertiary/aromatic N) is 3. The number of fused-ring (bicyclic) bond motifs is 1. The molecule has 13 heavy (non-hydrogen) atoms. The van der Waals surface area contributed by atoms with Crippen LogP contribution in [0.2, 0.25) is 0 Å². The zero-order valence-electron chi connectivity index (χ0n) is 6.51. The van der Waals surface area contributed by atoms with Gasteiger partial charge in [0, 0.05) is 6.20 Å². The molecule has 2 heterocycles. The highest BCUT2D eigenvalue weighted by Gasteiger charge is 2.08. The largest absolute Gasteiger partial charge is 0.478 e. The van der Waals surface area contributed by atoms with E-state index in [0.717, 1.165) is 0 Å². The predicted molar refractivity (Wildman–Crippen MR) is 44.4 cm³/mol. The molecule has 0 saturated heterocycles. The molecule has 0 fully saturated rings. The summed E-state index contributed by atoms with van der Waals surface area (Å²) in [6.45, 7) is 0. The summed E-state index contributed by atoms with van der Waals surface area (Å²) in [5, 5.41) is 12.5. The van der Waals surface area contributed by atoms with E-state index in [1.54, 1.807) is 0 Å². The van der Waals surface area contributed by atoms with E-state index in [0.29, 0.717) is 5.52 Å². The molecule has 0 aliphatic carbocycles. The van der Waals surface area contributed by atoms with Crippen LogP contribution in [0.5, 0.6) is 0 Å². The van der Waals surface area contributed by atoms with Gasteiger partial charge >= 0.3 is 5.97 Å². The van der Waals surface area contributed by atoms with Crippen LogP contribution in [0.25, 0.3) is 5.52 Å². The fraction of sp³-hybridized carbons (Fsp3) is 0. The van der Waals surface area contributed by atoms with Gasteiger partial charge in [-0.1, -0.05) is 0 Å². The molecule has 0 amide bonds. The lowest BCUT2D eigenvalue weighted by Gasteiger charge is -1.93. The Kier molecular flexibility index (Phi) is 1.42. The lowest BCUT2D eigenvalue weighted by atomic mass is 10.3. The summed E-state index contributed by atoms with van der Waals surface area (Å²) in [5.41, 5.74) is 6.15. The molecule has 66 valence electrons. The second kappa shape index (κ2) is 2.44. The number of aromatic nitrogens is 3. The number of nitrogens with two attached hydrogens (primary N) is 1. The summed E-state index contributed by atoms with van der Waals surface area (Å²) in [4.78, 5) is 14.3. The summed E-state index contributed by atoms with van der Waals surface area (Å²) in [6, 6.07) is 1.43. The molecule has 0 unspecified atom stereocenters. The van der Waals surface area contributed by atoms with Gasteiger partial charge in [0.25, 0.3) is 0 Å². The SMILES string of the molecule is Nc1ncnn2cc(C(=O)O)cc12. The van der Waals surface area contributed by atoms with Crippen molar-refractivity contribution in [2.24, 2.45) is 0 Å². The minimum absolute atomic E-state index is 0.146. The summed E-state index contributed by atoms with van der Waals surface area (Å²) in [7, 11) is 0. The van der Waals surface area contributed by atoms with E-state index < -0.39 is 5.97 Å². The van der Waals surface area contributed by atoms with Crippen LogP contribution < -0.4 is 5.73 Å². The van der Waals surface area contributed by atoms with Crippen LogP contribution in [0.3, 0.4) is 0 Å². The lowest BCUT2D eigenvalue weighted by Crippen LogP contribution is -1.97. The maximum absolute atomic E-state index is 10.6. The molecule has 2 aromatic heterocycles. The number of carbonyl (C=O) groups is 1. The van der Waals surface area contributed by atoms with Crippen molar-refractivity contribution in [3.05, 3.63) is 24.2 Å². The highest BCUT2D eigenvalue weighted by Crippen LogP contribution is 2.12. The molecule has 0 saturated carbocycles. The summed E-state index contributed by atoms with van der Waals surface area (Å²) < 4.78 is 1.38. The molecule has 6 nitrogen and oxygen atoms in total. The standard InChI is InChI=1S/C7H6N4O2/c8-6-5-1-4(7(12)13)2-11(5)10-3-9-6/h1-3H,(H,12,13)(H2,8,9,10). The Balaban J connectivity index is 2.75. The Bertz CT molecular complexity index is 476. The second-order valence-electron chi connectivity index (χ2n) is 2.51. The zero-order chi connectivity index (χ0) is 9.42. The van der Waals surface area contributed by atoms with Crippen LogP contribution in [0, 0.1) is 0 Å². The first-order chi connectivity index (χ1) is 6.18. The molecule has 6 heteroatoms. The number of nitrogen functional groups attached to an aromatic ring is 1. The van der Waals surface area contributed by atoms with Gasteiger partial charge < -0.3 is 10.8 Å². The van der Waals surface area contributed by atoms with Crippen molar-refractivity contribution in [3.63, 3.8) is 0 Å². The molecule has 0 bridgehead atoms. The molecule has 2 aromatic rings. The van der Waals surface area contributed by atoms with E-state index in [9.17, 15) is 4.79 Å². The van der Waals surface area contributed by atoms with Crippen LogP contribution in [-0.4, -0.2) is 25.7 Å². The van der Waals surface area contributed by atoms with Crippen LogP contribution in [0.1, 0.15) is 10.4 Å². The first-order valence-electron chi connectivity index (χ1n) is 3.50. The van der Waals surface area contributed by atoms with Gasteiger partial charge in [-0.2, -0.15) is 5.10 Å². The molecular formula is C7H6N4O2. The molecule has 0 radical (unpaired) electrons. The average Bonchev–Trinajstić information content (AvgIpc) is 2.49. The Morgan fingerprint density at radius 3 is 3.00 bits per heavy atom. The fourth-order valence-corrected chi connectivity index (χ4v) is 1.07. The van der Waals surface area contributed by atoms with E-state index in [1.165, 1.54) is 23.1 Å². The Hall–Kier alpha value is -2.11. The van der Waals surface area contributed by atoms with Gasteiger partial charge in [-0.05, 0) is 6.07 Å². The van der Waals surface area contributed by atoms with E-state index in [1.807, 2.05) is 0 Å². The van der Waals surface area contributed by atoms with Crippen molar-refractivity contribution in [1.82, 2.24) is 14.6 Å². The molecular weight excluding hydrogens is 172 g/mol. The quantitative estimate of drug-likeness (QED) is 0.641. The smallest absolute Gasteiger partial charge is 0.337 e. The first kappa shape index (κ1) is 7.53. The van der Waals surface area contributed by atoms with Gasteiger partial charge in [0.2, 0.25) is 0 Å². The summed E-state index contributed by atoms with van der Waals surface area (Å²) >= 11 is 0. The maximum Gasteiger partial charge on any atom is 0.337 e. The molecule has 0 atom stereocenters. The summed E-state index contributed by atoms with van der Waals surface area (Å²) in [5.74, 6) is -0.743. The van der Waals surface area contributed by atoms with Crippen molar-refractivity contribution in [2.75, 3.05) is 5.73 Å². The van der Waals surface area contributed by atoms with Gasteiger partial charge in [0.15, 0.2) is 5.82 Å². The van der Waals surface area contributed by atoms with Crippen molar-refractivity contribution in [2.45, 2.75) is 0 Å². The molecule has 0 spiro atoms. The van der Waals surface area contributed by atoms with Crippen LogP contribution in [0.15, 0.2) is 18.6 Å². The number of aromatic carboxylic acids is 1. The van der Waals surface area contributed by atoms with E-state index >= 15 is 0 Å². The third-order valence-corrected chi connectivity index (χ3v) is 1.68. The number of carboxylic acid groups (broad SMARTS) is 1. The molecule has 0 aromatic carbocycles. The average molecular weight is 178 g/mol. The Morgan fingerprint density at radius 2 is 2.38 bits per heavy atom. The van der Waals surface area contributed by atoms with Crippen LogP contribution in [-0.2, 0) is 0 Å². The van der Waals surface area contributed by atoms with Gasteiger partial charge in [0.1, 0.15) is 11.8 Å².